The third kappa shape index (κ3) is 3.95. The molecule has 0 aromatic heterocycles. The van der Waals surface area contributed by atoms with Crippen LogP contribution in [-0.4, -0.2) is 11.8 Å². The molecule has 0 aromatic rings. The van der Waals surface area contributed by atoms with Crippen LogP contribution in [0.25, 0.3) is 0 Å². The molecule has 0 unspecified atom stereocenters. The number of hydrogen-bond donors (Lipinski definition) is 2. The summed E-state index contributed by atoms with van der Waals surface area (Å²) in [7, 11) is 0. The Morgan fingerprint density at radius 1 is 1.17 bits per heavy atom. The number of hydrogen-bond acceptors (Lipinski definition) is 2. The maximum atomic E-state index is 10.6. The molecule has 0 saturated carbocycles. The van der Waals surface area contributed by atoms with E-state index in [1.165, 1.54) is 0 Å². The quantitative estimate of drug-likeness (QED) is 0.618. The SMILES string of the molecule is CCC(C)(CC(N)=O)CC(N)=O. The second-order valence-electron chi connectivity index (χ2n) is 3.45. The van der Waals surface area contributed by atoms with E-state index < -0.39 is 0 Å². The Hall–Kier alpha value is -1.06. The van der Waals surface area contributed by atoms with Gasteiger partial charge in [0.1, 0.15) is 0 Å². The van der Waals surface area contributed by atoms with Gasteiger partial charge in [-0.15, -0.1) is 0 Å². The highest BCUT2D eigenvalue weighted by atomic mass is 16.1. The average Bonchev–Trinajstić information content (AvgIpc) is 1.83. The van der Waals surface area contributed by atoms with Gasteiger partial charge in [-0.25, -0.2) is 0 Å². The molecule has 0 aliphatic heterocycles. The largest absolute Gasteiger partial charge is 0.370 e. The summed E-state index contributed by atoms with van der Waals surface area (Å²) in [6.07, 6.45) is 1.15. The molecule has 4 heteroatoms. The van der Waals surface area contributed by atoms with Crippen LogP contribution in [0.15, 0.2) is 0 Å². The van der Waals surface area contributed by atoms with E-state index in [0.29, 0.717) is 0 Å². The van der Waals surface area contributed by atoms with Crippen LogP contribution in [0.3, 0.4) is 0 Å². The second-order valence-corrected chi connectivity index (χ2v) is 3.45. The molecule has 0 radical (unpaired) electrons. The Morgan fingerprint density at radius 3 is 1.67 bits per heavy atom. The first kappa shape index (κ1) is 10.9. The van der Waals surface area contributed by atoms with Crippen molar-refractivity contribution in [1.29, 1.82) is 0 Å². The summed E-state index contributed by atoms with van der Waals surface area (Å²) in [5.41, 5.74) is 9.71. The van der Waals surface area contributed by atoms with E-state index in [1.807, 2.05) is 13.8 Å². The van der Waals surface area contributed by atoms with Gasteiger partial charge in [0.2, 0.25) is 11.8 Å². The van der Waals surface area contributed by atoms with Gasteiger partial charge in [0.15, 0.2) is 0 Å². The zero-order valence-corrected chi connectivity index (χ0v) is 7.59. The Balaban J connectivity index is 4.23. The molecule has 70 valence electrons. The van der Waals surface area contributed by atoms with Crippen molar-refractivity contribution in [2.45, 2.75) is 33.1 Å². The van der Waals surface area contributed by atoms with Gasteiger partial charge in [0.05, 0.1) is 0 Å². The lowest BCUT2D eigenvalue weighted by Gasteiger charge is -2.24. The molecule has 4 N–H and O–H groups in total. The summed E-state index contributed by atoms with van der Waals surface area (Å²) in [6.45, 7) is 3.74. The van der Waals surface area contributed by atoms with Crippen molar-refractivity contribution in [2.75, 3.05) is 0 Å². The molecule has 0 aliphatic carbocycles. The van der Waals surface area contributed by atoms with E-state index >= 15 is 0 Å². The lowest BCUT2D eigenvalue weighted by molar-refractivity contribution is -0.123. The van der Waals surface area contributed by atoms with E-state index in [2.05, 4.69) is 0 Å². The summed E-state index contributed by atoms with van der Waals surface area (Å²) >= 11 is 0. The highest BCUT2D eigenvalue weighted by molar-refractivity contribution is 5.78. The van der Waals surface area contributed by atoms with E-state index in [9.17, 15) is 9.59 Å². The van der Waals surface area contributed by atoms with Crippen LogP contribution >= 0.6 is 0 Å². The van der Waals surface area contributed by atoms with Gasteiger partial charge in [-0.2, -0.15) is 0 Å². The minimum atomic E-state index is -0.388. The Morgan fingerprint density at radius 2 is 1.50 bits per heavy atom. The first-order valence-electron chi connectivity index (χ1n) is 3.96. The maximum absolute atomic E-state index is 10.6. The minimum absolute atomic E-state index is 0.215. The number of rotatable bonds is 5. The Kier molecular flexibility index (Phi) is 3.73. The molecule has 2 amide bonds. The number of carbonyl (C=O) groups excluding carboxylic acids is 2. The van der Waals surface area contributed by atoms with E-state index in [-0.39, 0.29) is 30.1 Å². The summed E-state index contributed by atoms with van der Waals surface area (Å²) in [5.74, 6) is -0.777. The molecule has 0 rings (SSSR count). The monoisotopic (exact) mass is 172 g/mol. The zero-order chi connectivity index (χ0) is 9.78. The highest BCUT2D eigenvalue weighted by Gasteiger charge is 2.26. The Labute approximate surface area is 72.3 Å². The molecule has 0 bridgehead atoms. The van der Waals surface area contributed by atoms with Gasteiger partial charge in [0.25, 0.3) is 0 Å². The van der Waals surface area contributed by atoms with Crippen LogP contribution in [0.4, 0.5) is 0 Å². The van der Waals surface area contributed by atoms with Gasteiger partial charge in [-0.1, -0.05) is 13.8 Å². The van der Waals surface area contributed by atoms with Crippen LogP contribution in [0, 0.1) is 5.41 Å². The fourth-order valence-corrected chi connectivity index (χ4v) is 1.15. The topological polar surface area (TPSA) is 86.2 Å². The summed E-state index contributed by atoms with van der Waals surface area (Å²) in [4.78, 5) is 21.3. The predicted molar refractivity (Wildman–Crippen MR) is 46.0 cm³/mol. The van der Waals surface area contributed by atoms with Gasteiger partial charge < -0.3 is 11.5 Å². The predicted octanol–water partition coefficient (Wildman–Crippen LogP) is 0.153. The van der Waals surface area contributed by atoms with Crippen molar-refractivity contribution in [2.24, 2.45) is 16.9 Å². The van der Waals surface area contributed by atoms with E-state index in [1.54, 1.807) is 0 Å². The molecule has 0 spiro atoms. The van der Waals surface area contributed by atoms with Crippen LogP contribution in [-0.2, 0) is 9.59 Å². The third-order valence-corrected chi connectivity index (χ3v) is 2.06. The second kappa shape index (κ2) is 4.09. The fraction of sp³-hybridized carbons (Fsp3) is 0.750. The first-order valence-corrected chi connectivity index (χ1v) is 3.96. The first-order chi connectivity index (χ1) is 5.39. The van der Waals surface area contributed by atoms with Crippen molar-refractivity contribution in [3.05, 3.63) is 0 Å². The summed E-state index contributed by atoms with van der Waals surface area (Å²) in [6, 6.07) is 0. The fourth-order valence-electron chi connectivity index (χ4n) is 1.15. The van der Waals surface area contributed by atoms with Crippen LogP contribution < -0.4 is 11.5 Å². The smallest absolute Gasteiger partial charge is 0.217 e. The van der Waals surface area contributed by atoms with Crippen molar-refractivity contribution in [3.8, 4) is 0 Å². The van der Waals surface area contributed by atoms with Crippen molar-refractivity contribution in [1.82, 2.24) is 0 Å². The zero-order valence-electron chi connectivity index (χ0n) is 7.59. The van der Waals surface area contributed by atoms with E-state index in [0.717, 1.165) is 6.42 Å². The van der Waals surface area contributed by atoms with Crippen LogP contribution in [0.2, 0.25) is 0 Å². The molecule has 4 nitrogen and oxygen atoms in total. The number of nitrogens with two attached hydrogens (primary N) is 2. The van der Waals surface area contributed by atoms with Crippen molar-refractivity contribution >= 4 is 11.8 Å². The summed E-state index contributed by atoms with van der Waals surface area (Å²) in [5, 5.41) is 0. The lowest BCUT2D eigenvalue weighted by Crippen LogP contribution is -2.29. The molecule has 0 aromatic carbocycles. The molecule has 0 heterocycles. The number of amides is 2. The highest BCUT2D eigenvalue weighted by Crippen LogP contribution is 2.29. The molecular weight excluding hydrogens is 156 g/mol. The molecular formula is C8H16N2O2. The molecule has 0 atom stereocenters. The van der Waals surface area contributed by atoms with Gasteiger partial charge in [-0.05, 0) is 11.8 Å². The number of primary amides is 2. The van der Waals surface area contributed by atoms with Gasteiger partial charge in [-0.3, -0.25) is 9.59 Å². The minimum Gasteiger partial charge on any atom is -0.370 e. The molecule has 0 aliphatic rings. The van der Waals surface area contributed by atoms with Crippen molar-refractivity contribution in [3.63, 3.8) is 0 Å². The van der Waals surface area contributed by atoms with Gasteiger partial charge >= 0.3 is 0 Å². The lowest BCUT2D eigenvalue weighted by atomic mass is 9.80. The average molecular weight is 172 g/mol. The van der Waals surface area contributed by atoms with Crippen LogP contribution in [0.5, 0.6) is 0 Å². The van der Waals surface area contributed by atoms with Crippen molar-refractivity contribution < 1.29 is 9.59 Å². The molecule has 0 fully saturated rings. The Bertz CT molecular complexity index is 173. The van der Waals surface area contributed by atoms with Crippen LogP contribution in [0.1, 0.15) is 33.1 Å². The summed E-state index contributed by atoms with van der Waals surface area (Å²) < 4.78 is 0. The molecule has 0 saturated heterocycles. The van der Waals surface area contributed by atoms with E-state index in [4.69, 9.17) is 11.5 Å². The normalized spacial score (nSPS) is 11.2. The standard InChI is InChI=1S/C8H16N2O2/c1-3-8(2,4-6(9)11)5-7(10)12/h3-5H2,1-2H3,(H2,9,11)(H2,10,12). The van der Waals surface area contributed by atoms with Gasteiger partial charge in [0, 0.05) is 12.8 Å². The third-order valence-electron chi connectivity index (χ3n) is 2.06. The molecule has 12 heavy (non-hydrogen) atoms. The maximum Gasteiger partial charge on any atom is 0.217 e. The number of carbonyl (C=O) groups is 2.